The number of halogens is 2. The van der Waals surface area contributed by atoms with E-state index in [1.165, 1.54) is 6.33 Å². The van der Waals surface area contributed by atoms with Gasteiger partial charge < -0.3 is 9.88 Å². The Kier molecular flexibility index (Phi) is 3.98. The zero-order valence-corrected chi connectivity index (χ0v) is 13.2. The topological polar surface area (TPSA) is 42.7 Å². The minimum absolute atomic E-state index is 0.208. The maximum atomic E-state index is 13.7. The predicted molar refractivity (Wildman–Crippen MR) is 86.9 cm³/mol. The van der Waals surface area contributed by atoms with E-state index in [9.17, 15) is 4.39 Å². The molecule has 0 radical (unpaired) electrons. The summed E-state index contributed by atoms with van der Waals surface area (Å²) < 4.78 is 15.8. The summed E-state index contributed by atoms with van der Waals surface area (Å²) in [5.41, 5.74) is 2.97. The summed E-state index contributed by atoms with van der Waals surface area (Å²) in [6, 6.07) is 6.90. The Balaban J connectivity index is 1.80. The highest BCUT2D eigenvalue weighted by molar-refractivity contribution is 6.29. The largest absolute Gasteiger partial charge is 0.368 e. The molecule has 0 atom stereocenters. The molecule has 3 aromatic rings. The lowest BCUT2D eigenvalue weighted by Gasteiger charge is -2.10. The number of nitrogens with one attached hydrogen (secondary N) is 1. The van der Waals surface area contributed by atoms with Gasteiger partial charge in [0.15, 0.2) is 0 Å². The van der Waals surface area contributed by atoms with Crippen LogP contribution in [0.5, 0.6) is 0 Å². The normalized spacial score (nSPS) is 11.1. The van der Waals surface area contributed by atoms with E-state index in [1.54, 1.807) is 18.2 Å². The minimum Gasteiger partial charge on any atom is -0.368 e. The molecule has 0 saturated heterocycles. The Morgan fingerprint density at radius 2 is 2.00 bits per heavy atom. The van der Waals surface area contributed by atoms with Crippen molar-refractivity contribution in [3.8, 4) is 0 Å². The summed E-state index contributed by atoms with van der Waals surface area (Å²) in [6.07, 6.45) is 1.42. The van der Waals surface area contributed by atoms with Crippen molar-refractivity contribution in [2.45, 2.75) is 20.4 Å². The van der Waals surface area contributed by atoms with Crippen molar-refractivity contribution in [2.75, 3.05) is 11.9 Å². The second-order valence-corrected chi connectivity index (χ2v) is 5.63. The van der Waals surface area contributed by atoms with Crippen molar-refractivity contribution >= 4 is 28.3 Å². The van der Waals surface area contributed by atoms with Gasteiger partial charge in [0.05, 0.1) is 5.52 Å². The van der Waals surface area contributed by atoms with E-state index in [4.69, 9.17) is 11.6 Å². The standard InChI is InChI=1S/C16H16ClFN4/c1-10-5-12(18)7-14-13(10)6-11(2)22(14)4-3-19-16-8-15(17)20-9-21-16/h5-9H,3-4H2,1-2H3,(H,19,20,21). The molecule has 0 bridgehead atoms. The van der Waals surface area contributed by atoms with Gasteiger partial charge in [0.1, 0.15) is 23.1 Å². The van der Waals surface area contributed by atoms with Crippen LogP contribution in [0.2, 0.25) is 5.15 Å². The zero-order valence-electron chi connectivity index (χ0n) is 12.4. The van der Waals surface area contributed by atoms with E-state index < -0.39 is 0 Å². The minimum atomic E-state index is -0.208. The molecule has 6 heteroatoms. The van der Waals surface area contributed by atoms with Crippen molar-refractivity contribution in [2.24, 2.45) is 0 Å². The van der Waals surface area contributed by atoms with E-state index in [0.717, 1.165) is 22.2 Å². The molecule has 0 aliphatic carbocycles. The maximum Gasteiger partial charge on any atom is 0.134 e. The van der Waals surface area contributed by atoms with Gasteiger partial charge in [-0.2, -0.15) is 0 Å². The molecule has 0 spiro atoms. The first-order valence-corrected chi connectivity index (χ1v) is 7.40. The van der Waals surface area contributed by atoms with Gasteiger partial charge in [0.2, 0.25) is 0 Å². The number of aryl methyl sites for hydroxylation is 2. The van der Waals surface area contributed by atoms with E-state index in [1.807, 2.05) is 13.8 Å². The predicted octanol–water partition coefficient (Wildman–Crippen LogP) is 3.95. The molecule has 4 nitrogen and oxygen atoms in total. The Hall–Kier alpha value is -2.14. The number of anilines is 1. The van der Waals surface area contributed by atoms with E-state index in [2.05, 4.69) is 25.9 Å². The van der Waals surface area contributed by atoms with Crippen LogP contribution in [0.25, 0.3) is 10.9 Å². The van der Waals surface area contributed by atoms with E-state index in [0.29, 0.717) is 24.1 Å². The molecular formula is C16H16ClFN4. The van der Waals surface area contributed by atoms with Gasteiger partial charge >= 0.3 is 0 Å². The van der Waals surface area contributed by atoms with Crippen LogP contribution >= 0.6 is 11.6 Å². The number of aromatic nitrogens is 3. The van der Waals surface area contributed by atoms with Gasteiger partial charge in [-0.3, -0.25) is 0 Å². The SMILES string of the molecule is Cc1cc(F)cc2c1cc(C)n2CCNc1cc(Cl)ncn1. The lowest BCUT2D eigenvalue weighted by atomic mass is 10.1. The van der Waals surface area contributed by atoms with Crippen LogP contribution in [0.1, 0.15) is 11.3 Å². The fourth-order valence-electron chi connectivity index (χ4n) is 2.65. The fraction of sp³-hybridized carbons (Fsp3) is 0.250. The van der Waals surface area contributed by atoms with Crippen LogP contribution < -0.4 is 5.32 Å². The molecule has 0 amide bonds. The lowest BCUT2D eigenvalue weighted by Crippen LogP contribution is -2.12. The number of rotatable bonds is 4. The average molecular weight is 319 g/mol. The first-order valence-electron chi connectivity index (χ1n) is 7.02. The highest BCUT2D eigenvalue weighted by atomic mass is 35.5. The Morgan fingerprint density at radius 3 is 2.77 bits per heavy atom. The summed E-state index contributed by atoms with van der Waals surface area (Å²) >= 11 is 5.82. The summed E-state index contributed by atoms with van der Waals surface area (Å²) in [5, 5.41) is 4.68. The number of nitrogens with zero attached hydrogens (tertiary/aromatic N) is 3. The van der Waals surface area contributed by atoms with E-state index in [-0.39, 0.29) is 5.82 Å². The number of benzene rings is 1. The zero-order chi connectivity index (χ0) is 15.7. The Labute approximate surface area is 133 Å². The van der Waals surface area contributed by atoms with E-state index >= 15 is 0 Å². The molecule has 0 aliphatic heterocycles. The summed E-state index contributed by atoms with van der Waals surface area (Å²) in [7, 11) is 0. The molecule has 0 unspecified atom stereocenters. The first kappa shape index (κ1) is 14.8. The highest BCUT2D eigenvalue weighted by Crippen LogP contribution is 2.24. The van der Waals surface area contributed by atoms with Crippen LogP contribution in [-0.4, -0.2) is 21.1 Å². The van der Waals surface area contributed by atoms with Crippen molar-refractivity contribution in [1.82, 2.24) is 14.5 Å². The molecule has 0 aliphatic rings. The van der Waals surface area contributed by atoms with Crippen molar-refractivity contribution in [3.63, 3.8) is 0 Å². The van der Waals surface area contributed by atoms with Crippen LogP contribution in [0, 0.1) is 19.7 Å². The fourth-order valence-corrected chi connectivity index (χ4v) is 2.79. The molecule has 22 heavy (non-hydrogen) atoms. The van der Waals surface area contributed by atoms with Gasteiger partial charge in [-0.15, -0.1) is 0 Å². The molecule has 1 aromatic carbocycles. The van der Waals surface area contributed by atoms with Crippen molar-refractivity contribution in [1.29, 1.82) is 0 Å². The van der Waals surface area contributed by atoms with Crippen LogP contribution in [0.15, 0.2) is 30.6 Å². The number of hydrogen-bond donors (Lipinski definition) is 1. The molecule has 114 valence electrons. The van der Waals surface area contributed by atoms with Gasteiger partial charge in [-0.25, -0.2) is 14.4 Å². The highest BCUT2D eigenvalue weighted by Gasteiger charge is 2.09. The smallest absolute Gasteiger partial charge is 0.134 e. The first-order chi connectivity index (χ1) is 10.5. The average Bonchev–Trinajstić information content (AvgIpc) is 2.76. The second-order valence-electron chi connectivity index (χ2n) is 5.25. The summed E-state index contributed by atoms with van der Waals surface area (Å²) in [5.74, 6) is 0.469. The molecule has 1 N–H and O–H groups in total. The molecule has 2 heterocycles. The maximum absolute atomic E-state index is 13.7. The Morgan fingerprint density at radius 1 is 1.18 bits per heavy atom. The quantitative estimate of drug-likeness (QED) is 0.741. The Bertz CT molecular complexity index is 828. The lowest BCUT2D eigenvalue weighted by molar-refractivity contribution is 0.626. The third-order valence-corrected chi connectivity index (χ3v) is 3.88. The molecule has 3 rings (SSSR count). The van der Waals surface area contributed by atoms with Gasteiger partial charge in [-0.1, -0.05) is 11.6 Å². The molecular weight excluding hydrogens is 303 g/mol. The summed E-state index contributed by atoms with van der Waals surface area (Å²) in [4.78, 5) is 7.94. The molecule has 0 fully saturated rings. The van der Waals surface area contributed by atoms with Gasteiger partial charge in [-0.05, 0) is 37.6 Å². The third kappa shape index (κ3) is 2.90. The molecule has 2 aromatic heterocycles. The monoisotopic (exact) mass is 318 g/mol. The number of hydrogen-bond acceptors (Lipinski definition) is 3. The van der Waals surface area contributed by atoms with Crippen molar-refractivity contribution in [3.05, 3.63) is 52.8 Å². The van der Waals surface area contributed by atoms with Gasteiger partial charge in [0.25, 0.3) is 0 Å². The summed E-state index contributed by atoms with van der Waals surface area (Å²) in [6.45, 7) is 5.32. The van der Waals surface area contributed by atoms with Crippen LogP contribution in [-0.2, 0) is 6.54 Å². The van der Waals surface area contributed by atoms with Gasteiger partial charge in [0, 0.05) is 30.2 Å². The van der Waals surface area contributed by atoms with Crippen molar-refractivity contribution < 1.29 is 4.39 Å². The number of fused-ring (bicyclic) bond motifs is 1. The second kappa shape index (κ2) is 5.93. The molecule has 0 saturated carbocycles. The van der Waals surface area contributed by atoms with Crippen LogP contribution in [0.3, 0.4) is 0 Å². The van der Waals surface area contributed by atoms with Crippen LogP contribution in [0.4, 0.5) is 10.2 Å². The third-order valence-electron chi connectivity index (χ3n) is 3.67.